The maximum absolute atomic E-state index is 13.6. The highest BCUT2D eigenvalue weighted by atomic mass is 19.1. The fraction of sp³-hybridized carbons (Fsp3) is 0.500. The first-order valence-corrected chi connectivity index (χ1v) is 7.86. The van der Waals surface area contributed by atoms with Crippen molar-refractivity contribution >= 4 is 12.0 Å². The highest BCUT2D eigenvalue weighted by Gasteiger charge is 2.29. The van der Waals surface area contributed by atoms with Gasteiger partial charge in [-0.3, -0.25) is 9.69 Å². The number of nitrogens with zero attached hydrogens (tertiary/aromatic N) is 1. The first-order chi connectivity index (χ1) is 10.4. The van der Waals surface area contributed by atoms with Crippen molar-refractivity contribution in [3.8, 4) is 0 Å². The molecule has 22 heavy (non-hydrogen) atoms. The van der Waals surface area contributed by atoms with E-state index in [1.165, 1.54) is 18.9 Å². The molecule has 0 unspecified atom stereocenters. The summed E-state index contributed by atoms with van der Waals surface area (Å²) in [5.74, 6) is -0.456. The van der Waals surface area contributed by atoms with Gasteiger partial charge in [-0.2, -0.15) is 0 Å². The van der Waals surface area contributed by atoms with Crippen LogP contribution in [0.2, 0.25) is 0 Å². The molecule has 0 bridgehead atoms. The third kappa shape index (κ3) is 4.17. The molecule has 1 heterocycles. The van der Waals surface area contributed by atoms with Gasteiger partial charge in [0, 0.05) is 23.2 Å². The zero-order chi connectivity index (χ0) is 16.2. The fourth-order valence-corrected chi connectivity index (χ4v) is 2.76. The van der Waals surface area contributed by atoms with Crippen molar-refractivity contribution in [3.63, 3.8) is 0 Å². The topological polar surface area (TPSA) is 32.3 Å². The minimum absolute atomic E-state index is 0.0512. The van der Waals surface area contributed by atoms with Crippen LogP contribution >= 0.6 is 0 Å². The van der Waals surface area contributed by atoms with E-state index in [1.807, 2.05) is 0 Å². The molecule has 1 saturated heterocycles. The van der Waals surface area contributed by atoms with E-state index in [0.29, 0.717) is 17.7 Å². The van der Waals surface area contributed by atoms with Gasteiger partial charge in [0.15, 0.2) is 0 Å². The van der Waals surface area contributed by atoms with Crippen LogP contribution in [0, 0.1) is 5.82 Å². The number of carbonyl (C=O) groups is 1. The number of hydrogen-bond donors (Lipinski definition) is 1. The van der Waals surface area contributed by atoms with Gasteiger partial charge in [0.1, 0.15) is 5.82 Å². The third-order valence-corrected chi connectivity index (χ3v) is 4.28. The number of amides is 1. The Morgan fingerprint density at radius 2 is 1.95 bits per heavy atom. The predicted octanol–water partition coefficient (Wildman–Crippen LogP) is 3.22. The van der Waals surface area contributed by atoms with Crippen molar-refractivity contribution in [2.24, 2.45) is 0 Å². The van der Waals surface area contributed by atoms with Gasteiger partial charge < -0.3 is 5.32 Å². The zero-order valence-corrected chi connectivity index (χ0v) is 13.7. The molecule has 0 spiro atoms. The number of benzene rings is 1. The first-order valence-electron chi connectivity index (χ1n) is 7.86. The molecule has 1 N–H and O–H groups in total. The Morgan fingerprint density at radius 1 is 1.32 bits per heavy atom. The maximum Gasteiger partial charge on any atom is 0.247 e. The summed E-state index contributed by atoms with van der Waals surface area (Å²) in [6.45, 7) is 8.78. The van der Waals surface area contributed by atoms with Crippen molar-refractivity contribution < 1.29 is 9.18 Å². The van der Waals surface area contributed by atoms with E-state index < -0.39 is 0 Å². The van der Waals surface area contributed by atoms with Gasteiger partial charge in [-0.05, 0) is 58.8 Å². The van der Waals surface area contributed by atoms with E-state index in [9.17, 15) is 9.18 Å². The van der Waals surface area contributed by atoms with Crippen LogP contribution < -0.4 is 5.32 Å². The molecule has 120 valence electrons. The summed E-state index contributed by atoms with van der Waals surface area (Å²) >= 11 is 0. The largest absolute Gasteiger partial charge is 0.350 e. The second-order valence-electron chi connectivity index (χ2n) is 6.54. The van der Waals surface area contributed by atoms with E-state index in [2.05, 4.69) is 24.1 Å². The monoisotopic (exact) mass is 304 g/mol. The number of halogens is 1. The lowest BCUT2D eigenvalue weighted by atomic mass is 10.0. The third-order valence-electron chi connectivity index (χ3n) is 4.28. The molecule has 1 aliphatic rings. The molecule has 0 saturated carbocycles. The molecule has 1 aliphatic heterocycles. The summed E-state index contributed by atoms with van der Waals surface area (Å²) in [6.07, 6.45) is 4.04. The highest BCUT2D eigenvalue weighted by molar-refractivity contribution is 5.97. The second kappa shape index (κ2) is 7.05. The molecule has 1 amide bonds. The van der Waals surface area contributed by atoms with Gasteiger partial charge in [0.05, 0.1) is 0 Å². The van der Waals surface area contributed by atoms with E-state index in [0.717, 1.165) is 13.1 Å². The summed E-state index contributed by atoms with van der Waals surface area (Å²) in [5.41, 5.74) is 0.904. The Labute approximate surface area is 132 Å². The molecule has 0 aliphatic carbocycles. The standard InChI is InChI=1S/C18H25FN2O/c1-14(12-15-8-4-5-9-16(15)19)17(22)20-13-18(2,3)21-10-6-7-11-21/h4-5,8-9,12H,6-7,10-11,13H2,1-3H3,(H,20,22)/b14-12+. The van der Waals surface area contributed by atoms with Crippen molar-refractivity contribution in [2.45, 2.75) is 39.2 Å². The van der Waals surface area contributed by atoms with Crippen molar-refractivity contribution in [2.75, 3.05) is 19.6 Å². The molecule has 2 rings (SSSR count). The smallest absolute Gasteiger partial charge is 0.247 e. The van der Waals surface area contributed by atoms with Crippen molar-refractivity contribution in [3.05, 3.63) is 41.2 Å². The normalized spacial score (nSPS) is 16.8. The molecule has 1 aromatic rings. The summed E-state index contributed by atoms with van der Waals surface area (Å²) < 4.78 is 13.6. The lowest BCUT2D eigenvalue weighted by molar-refractivity contribution is -0.117. The minimum atomic E-state index is -0.313. The van der Waals surface area contributed by atoms with Crippen LogP contribution in [-0.2, 0) is 4.79 Å². The second-order valence-corrected chi connectivity index (χ2v) is 6.54. The van der Waals surface area contributed by atoms with E-state index >= 15 is 0 Å². The quantitative estimate of drug-likeness (QED) is 0.847. The highest BCUT2D eigenvalue weighted by Crippen LogP contribution is 2.20. The van der Waals surface area contributed by atoms with E-state index in [1.54, 1.807) is 31.2 Å². The van der Waals surface area contributed by atoms with E-state index in [4.69, 9.17) is 0 Å². The maximum atomic E-state index is 13.6. The Balaban J connectivity index is 1.95. The first kappa shape index (κ1) is 16.7. The van der Waals surface area contributed by atoms with Gasteiger partial charge in [0.25, 0.3) is 0 Å². The Hall–Kier alpha value is -1.68. The van der Waals surface area contributed by atoms with Crippen LogP contribution in [0.25, 0.3) is 6.08 Å². The molecule has 3 nitrogen and oxygen atoms in total. The number of carbonyl (C=O) groups excluding carboxylic acids is 1. The number of likely N-dealkylation sites (tertiary alicyclic amines) is 1. The fourth-order valence-electron chi connectivity index (χ4n) is 2.76. The Kier molecular flexibility index (Phi) is 5.35. The van der Waals surface area contributed by atoms with Gasteiger partial charge in [-0.15, -0.1) is 0 Å². The summed E-state index contributed by atoms with van der Waals surface area (Å²) in [6, 6.07) is 6.46. The van der Waals surface area contributed by atoms with Gasteiger partial charge in [-0.1, -0.05) is 18.2 Å². The number of hydrogen-bond acceptors (Lipinski definition) is 2. The van der Waals surface area contributed by atoms with Crippen molar-refractivity contribution in [1.29, 1.82) is 0 Å². The number of nitrogens with one attached hydrogen (secondary N) is 1. The molecule has 0 atom stereocenters. The molecule has 4 heteroatoms. The summed E-state index contributed by atoms with van der Waals surface area (Å²) in [7, 11) is 0. The molecular weight excluding hydrogens is 279 g/mol. The summed E-state index contributed by atoms with van der Waals surface area (Å²) in [4.78, 5) is 14.6. The van der Waals surface area contributed by atoms with E-state index in [-0.39, 0.29) is 17.3 Å². The molecule has 1 fully saturated rings. The Morgan fingerprint density at radius 3 is 2.59 bits per heavy atom. The zero-order valence-electron chi connectivity index (χ0n) is 13.7. The SMILES string of the molecule is C/C(=C\c1ccccc1F)C(=O)NCC(C)(C)N1CCCC1. The Bertz CT molecular complexity index is 560. The molecule has 1 aromatic carbocycles. The summed E-state index contributed by atoms with van der Waals surface area (Å²) in [5, 5.41) is 2.97. The van der Waals surface area contributed by atoms with Crippen LogP contribution in [0.5, 0.6) is 0 Å². The average molecular weight is 304 g/mol. The van der Waals surface area contributed by atoms with Crippen LogP contribution in [0.3, 0.4) is 0 Å². The van der Waals surface area contributed by atoms with Crippen molar-refractivity contribution in [1.82, 2.24) is 10.2 Å². The molecule has 0 radical (unpaired) electrons. The van der Waals surface area contributed by atoms with Crippen LogP contribution in [-0.4, -0.2) is 36.0 Å². The van der Waals surface area contributed by atoms with Gasteiger partial charge in [0.2, 0.25) is 5.91 Å². The predicted molar refractivity (Wildman–Crippen MR) is 87.9 cm³/mol. The van der Waals surface area contributed by atoms with Gasteiger partial charge >= 0.3 is 0 Å². The average Bonchev–Trinajstić information content (AvgIpc) is 3.02. The molecular formula is C18H25FN2O. The lowest BCUT2D eigenvalue weighted by Gasteiger charge is -2.35. The molecule has 0 aromatic heterocycles. The van der Waals surface area contributed by atoms with Crippen LogP contribution in [0.1, 0.15) is 39.2 Å². The minimum Gasteiger partial charge on any atom is -0.350 e. The van der Waals surface area contributed by atoms with Gasteiger partial charge in [-0.25, -0.2) is 4.39 Å². The lowest BCUT2D eigenvalue weighted by Crippen LogP contribution is -2.50. The van der Waals surface area contributed by atoms with Crippen LogP contribution in [0.4, 0.5) is 4.39 Å². The van der Waals surface area contributed by atoms with Crippen LogP contribution in [0.15, 0.2) is 29.8 Å². The number of rotatable bonds is 5.